The summed E-state index contributed by atoms with van der Waals surface area (Å²) in [5.74, 6) is 0.851. The largest absolute Gasteiger partial charge is 0.352 e. The molecule has 0 aliphatic heterocycles. The van der Waals surface area contributed by atoms with E-state index >= 15 is 0 Å². The van der Waals surface area contributed by atoms with Gasteiger partial charge in [-0.25, -0.2) is 4.99 Å². The van der Waals surface area contributed by atoms with Crippen molar-refractivity contribution in [2.24, 2.45) is 4.99 Å². The molecule has 1 heterocycles. The van der Waals surface area contributed by atoms with Crippen LogP contribution in [0.4, 0.5) is 0 Å². The van der Waals surface area contributed by atoms with Crippen LogP contribution < -0.4 is 10.9 Å². The van der Waals surface area contributed by atoms with E-state index in [1.54, 1.807) is 16.7 Å². The topological polar surface area (TPSA) is 49.6 Å². The van der Waals surface area contributed by atoms with E-state index in [1.807, 2.05) is 49.5 Å². The smallest absolute Gasteiger partial charge is 0.250 e. The Labute approximate surface area is 166 Å². The average molecular weight is 374 g/mol. The second-order valence-electron chi connectivity index (χ2n) is 6.86. The van der Waals surface area contributed by atoms with Crippen LogP contribution in [0.2, 0.25) is 0 Å². The van der Waals surface area contributed by atoms with Crippen molar-refractivity contribution in [3.05, 3.63) is 106 Å². The summed E-state index contributed by atoms with van der Waals surface area (Å²) in [6, 6.07) is 23.7. The first-order valence-corrected chi connectivity index (χ1v) is 9.34. The van der Waals surface area contributed by atoms with Crippen molar-refractivity contribution < 1.29 is 0 Å². The molecule has 0 aliphatic rings. The van der Waals surface area contributed by atoms with Gasteiger partial charge in [-0.3, -0.25) is 4.79 Å². The monoisotopic (exact) mass is 374 g/mol. The van der Waals surface area contributed by atoms with Gasteiger partial charge in [0.15, 0.2) is 5.96 Å². The summed E-state index contributed by atoms with van der Waals surface area (Å²) in [5.41, 5.74) is 3.46. The zero-order valence-electron chi connectivity index (χ0n) is 16.4. The van der Waals surface area contributed by atoms with Gasteiger partial charge in [0.1, 0.15) is 0 Å². The molecule has 0 saturated heterocycles. The van der Waals surface area contributed by atoms with E-state index in [4.69, 9.17) is 0 Å². The van der Waals surface area contributed by atoms with Gasteiger partial charge in [-0.15, -0.1) is 0 Å². The van der Waals surface area contributed by atoms with Crippen LogP contribution in [-0.4, -0.2) is 29.5 Å². The SMILES string of the molecule is CN(C)C(=NCc1ccccc1)NCc1ccc(Cn2ccccc2=O)cc1. The van der Waals surface area contributed by atoms with Crippen LogP contribution in [0.5, 0.6) is 0 Å². The minimum Gasteiger partial charge on any atom is -0.352 e. The third-order valence-corrected chi connectivity index (χ3v) is 4.40. The number of aromatic nitrogens is 1. The molecule has 0 radical (unpaired) electrons. The molecule has 28 heavy (non-hydrogen) atoms. The van der Waals surface area contributed by atoms with E-state index in [0.717, 1.165) is 11.5 Å². The van der Waals surface area contributed by atoms with Gasteiger partial charge in [-0.2, -0.15) is 0 Å². The Bertz CT molecular complexity index is 960. The highest BCUT2D eigenvalue weighted by molar-refractivity contribution is 5.79. The van der Waals surface area contributed by atoms with Gasteiger partial charge >= 0.3 is 0 Å². The molecule has 0 spiro atoms. The van der Waals surface area contributed by atoms with Crippen molar-refractivity contribution in [3.8, 4) is 0 Å². The summed E-state index contributed by atoms with van der Waals surface area (Å²) in [5, 5.41) is 3.40. The molecule has 1 aromatic heterocycles. The van der Waals surface area contributed by atoms with Crippen LogP contribution >= 0.6 is 0 Å². The first-order valence-electron chi connectivity index (χ1n) is 9.34. The quantitative estimate of drug-likeness (QED) is 0.533. The molecular weight excluding hydrogens is 348 g/mol. The van der Waals surface area contributed by atoms with E-state index in [1.165, 1.54) is 11.1 Å². The van der Waals surface area contributed by atoms with E-state index in [-0.39, 0.29) is 5.56 Å². The van der Waals surface area contributed by atoms with Gasteiger partial charge in [-0.1, -0.05) is 60.7 Å². The molecule has 0 bridgehead atoms. The number of rotatable bonds is 6. The predicted molar refractivity (Wildman–Crippen MR) is 114 cm³/mol. The van der Waals surface area contributed by atoms with Crippen LogP contribution in [0.3, 0.4) is 0 Å². The lowest BCUT2D eigenvalue weighted by atomic mass is 10.1. The molecule has 0 atom stereocenters. The number of benzene rings is 2. The van der Waals surface area contributed by atoms with Gasteiger partial charge in [-0.05, 0) is 22.8 Å². The van der Waals surface area contributed by atoms with Gasteiger partial charge in [0.05, 0.1) is 13.1 Å². The number of nitrogens with one attached hydrogen (secondary N) is 1. The van der Waals surface area contributed by atoms with Crippen molar-refractivity contribution in [2.45, 2.75) is 19.6 Å². The highest BCUT2D eigenvalue weighted by Crippen LogP contribution is 2.06. The summed E-state index contributed by atoms with van der Waals surface area (Å²) >= 11 is 0. The van der Waals surface area contributed by atoms with E-state index in [9.17, 15) is 4.79 Å². The number of aliphatic imine (C=N–C) groups is 1. The fraction of sp³-hybridized carbons (Fsp3) is 0.217. The van der Waals surface area contributed by atoms with Crippen molar-refractivity contribution in [2.75, 3.05) is 14.1 Å². The number of nitrogens with zero attached hydrogens (tertiary/aromatic N) is 3. The molecule has 3 aromatic rings. The third-order valence-electron chi connectivity index (χ3n) is 4.40. The Kier molecular flexibility index (Phi) is 6.63. The second-order valence-corrected chi connectivity index (χ2v) is 6.86. The Morgan fingerprint density at radius 2 is 1.57 bits per heavy atom. The van der Waals surface area contributed by atoms with Crippen LogP contribution in [0.1, 0.15) is 16.7 Å². The van der Waals surface area contributed by atoms with Gasteiger partial charge < -0.3 is 14.8 Å². The lowest BCUT2D eigenvalue weighted by Crippen LogP contribution is -2.36. The Morgan fingerprint density at radius 3 is 2.25 bits per heavy atom. The lowest BCUT2D eigenvalue weighted by molar-refractivity contribution is 0.578. The zero-order valence-corrected chi connectivity index (χ0v) is 16.4. The summed E-state index contributed by atoms with van der Waals surface area (Å²) < 4.78 is 1.70. The first-order chi connectivity index (χ1) is 13.6. The van der Waals surface area contributed by atoms with Gasteiger partial charge in [0.25, 0.3) is 5.56 Å². The number of hydrogen-bond donors (Lipinski definition) is 1. The maximum absolute atomic E-state index is 11.8. The maximum Gasteiger partial charge on any atom is 0.250 e. The standard InChI is InChI=1S/C23H26N4O/c1-26(2)23(24-16-19-8-4-3-5-9-19)25-17-20-11-13-21(14-12-20)18-27-15-7-6-10-22(27)28/h3-15H,16-18H2,1-2H3,(H,24,25). The highest BCUT2D eigenvalue weighted by Gasteiger charge is 2.03. The molecule has 0 aliphatic carbocycles. The summed E-state index contributed by atoms with van der Waals surface area (Å²) in [6.07, 6.45) is 1.81. The minimum atomic E-state index is 0.0125. The maximum atomic E-state index is 11.8. The van der Waals surface area contributed by atoms with Crippen molar-refractivity contribution in [1.82, 2.24) is 14.8 Å². The summed E-state index contributed by atoms with van der Waals surface area (Å²) in [7, 11) is 3.97. The van der Waals surface area contributed by atoms with E-state index in [2.05, 4.69) is 46.7 Å². The molecule has 144 valence electrons. The Balaban J connectivity index is 1.59. The van der Waals surface area contributed by atoms with Gasteiger partial charge in [0, 0.05) is 32.9 Å². The van der Waals surface area contributed by atoms with E-state index < -0.39 is 0 Å². The summed E-state index contributed by atoms with van der Waals surface area (Å²) in [4.78, 5) is 18.5. The lowest BCUT2D eigenvalue weighted by Gasteiger charge is -2.18. The molecule has 1 N–H and O–H groups in total. The third kappa shape index (κ3) is 5.58. The number of guanidine groups is 1. The molecule has 5 nitrogen and oxygen atoms in total. The number of pyridine rings is 1. The molecule has 0 fully saturated rings. The van der Waals surface area contributed by atoms with Crippen LogP contribution in [0.15, 0.2) is 88.8 Å². The van der Waals surface area contributed by atoms with Crippen molar-refractivity contribution in [1.29, 1.82) is 0 Å². The van der Waals surface area contributed by atoms with Gasteiger partial charge in [0.2, 0.25) is 0 Å². The molecule has 3 rings (SSSR count). The minimum absolute atomic E-state index is 0.0125. The predicted octanol–water partition coefficient (Wildman–Crippen LogP) is 3.10. The Hall–Kier alpha value is -3.34. The molecular formula is C23H26N4O. The van der Waals surface area contributed by atoms with Crippen LogP contribution in [-0.2, 0) is 19.6 Å². The highest BCUT2D eigenvalue weighted by atomic mass is 16.1. The summed E-state index contributed by atoms with van der Waals surface area (Å²) in [6.45, 7) is 1.92. The van der Waals surface area contributed by atoms with Crippen molar-refractivity contribution >= 4 is 5.96 Å². The first kappa shape index (κ1) is 19.4. The molecule has 0 amide bonds. The fourth-order valence-electron chi connectivity index (χ4n) is 2.84. The Morgan fingerprint density at radius 1 is 0.893 bits per heavy atom. The normalized spacial score (nSPS) is 11.3. The van der Waals surface area contributed by atoms with Crippen LogP contribution in [0.25, 0.3) is 0 Å². The fourth-order valence-corrected chi connectivity index (χ4v) is 2.84. The molecule has 0 saturated carbocycles. The van der Waals surface area contributed by atoms with Crippen molar-refractivity contribution in [3.63, 3.8) is 0 Å². The molecule has 5 heteroatoms. The molecule has 2 aromatic carbocycles. The van der Waals surface area contributed by atoms with E-state index in [0.29, 0.717) is 19.6 Å². The molecule has 0 unspecified atom stereocenters. The number of hydrogen-bond acceptors (Lipinski definition) is 2. The second kappa shape index (κ2) is 9.55. The zero-order chi connectivity index (χ0) is 19.8. The average Bonchev–Trinajstić information content (AvgIpc) is 2.71. The van der Waals surface area contributed by atoms with Crippen LogP contribution in [0, 0.1) is 0 Å².